The van der Waals surface area contributed by atoms with Gasteiger partial charge in [0, 0.05) is 0 Å². The van der Waals surface area contributed by atoms with Crippen LogP contribution in [0, 0.1) is 0 Å². The minimum Gasteiger partial charge on any atom is -0.479 e. The zero-order valence-electron chi connectivity index (χ0n) is 15.1. The predicted octanol–water partition coefficient (Wildman–Crippen LogP) is 5.64. The standard InChI is InChI=1S/C20H15Cl2NO4S2/c1-2-16(19(25)26)27-13-5-3-4-11(8-13)9-17-18(24)23(20(28)29-17)12-6-7-14(21)15(22)10-12/h3-10,16H,2H2,1H3,(H,25,26)/b17-9+. The molecule has 2 aromatic rings. The quantitative estimate of drug-likeness (QED) is 0.437. The molecule has 5 nitrogen and oxygen atoms in total. The summed E-state index contributed by atoms with van der Waals surface area (Å²) in [5.74, 6) is -0.893. The van der Waals surface area contributed by atoms with E-state index in [1.807, 2.05) is 0 Å². The van der Waals surface area contributed by atoms with Gasteiger partial charge in [-0.05, 0) is 48.4 Å². The molecule has 0 radical (unpaired) electrons. The Labute approximate surface area is 187 Å². The third kappa shape index (κ3) is 4.93. The lowest BCUT2D eigenvalue weighted by molar-refractivity contribution is -0.145. The fraction of sp³-hybridized carbons (Fsp3) is 0.150. The number of rotatable bonds is 6. The van der Waals surface area contributed by atoms with Gasteiger partial charge in [0.2, 0.25) is 0 Å². The summed E-state index contributed by atoms with van der Waals surface area (Å²) in [6.45, 7) is 1.73. The monoisotopic (exact) mass is 467 g/mol. The van der Waals surface area contributed by atoms with Gasteiger partial charge in [-0.1, -0.05) is 66.2 Å². The maximum absolute atomic E-state index is 12.9. The number of thiocarbonyl (C=S) groups is 1. The summed E-state index contributed by atoms with van der Waals surface area (Å²) in [5, 5.41) is 9.87. The molecule has 0 bridgehead atoms. The van der Waals surface area contributed by atoms with Crippen molar-refractivity contribution < 1.29 is 19.4 Å². The van der Waals surface area contributed by atoms with E-state index in [-0.39, 0.29) is 5.91 Å². The van der Waals surface area contributed by atoms with E-state index in [0.717, 1.165) is 0 Å². The Bertz CT molecular complexity index is 1030. The predicted molar refractivity (Wildman–Crippen MR) is 121 cm³/mol. The number of benzene rings is 2. The van der Waals surface area contributed by atoms with Gasteiger partial charge in [-0.2, -0.15) is 0 Å². The summed E-state index contributed by atoms with van der Waals surface area (Å²) in [7, 11) is 0. The van der Waals surface area contributed by atoms with Crippen molar-refractivity contribution >= 4 is 75.1 Å². The summed E-state index contributed by atoms with van der Waals surface area (Å²) >= 11 is 18.5. The van der Waals surface area contributed by atoms with Crippen LogP contribution in [0.15, 0.2) is 47.4 Å². The topological polar surface area (TPSA) is 66.8 Å². The molecule has 1 atom stereocenters. The molecule has 29 heavy (non-hydrogen) atoms. The molecule has 150 valence electrons. The molecule has 2 aromatic carbocycles. The second-order valence-corrected chi connectivity index (χ2v) is 8.53. The van der Waals surface area contributed by atoms with E-state index in [4.69, 9.17) is 45.3 Å². The number of amides is 1. The molecular weight excluding hydrogens is 453 g/mol. The van der Waals surface area contributed by atoms with Crippen molar-refractivity contribution in [1.82, 2.24) is 0 Å². The van der Waals surface area contributed by atoms with Gasteiger partial charge in [0.15, 0.2) is 10.4 Å². The number of hydrogen-bond donors (Lipinski definition) is 1. The molecule has 1 aliphatic heterocycles. The van der Waals surface area contributed by atoms with Crippen LogP contribution in [0.4, 0.5) is 5.69 Å². The van der Waals surface area contributed by atoms with Crippen molar-refractivity contribution in [3.8, 4) is 5.75 Å². The van der Waals surface area contributed by atoms with Gasteiger partial charge in [0.05, 0.1) is 20.6 Å². The van der Waals surface area contributed by atoms with Gasteiger partial charge in [-0.25, -0.2) is 4.79 Å². The van der Waals surface area contributed by atoms with Crippen molar-refractivity contribution in [3.63, 3.8) is 0 Å². The lowest BCUT2D eigenvalue weighted by Crippen LogP contribution is -2.27. The number of carboxylic acid groups (broad SMARTS) is 1. The summed E-state index contributed by atoms with van der Waals surface area (Å²) < 4.78 is 5.89. The molecule has 1 heterocycles. The third-order valence-electron chi connectivity index (χ3n) is 4.04. The van der Waals surface area contributed by atoms with Gasteiger partial charge in [0.25, 0.3) is 5.91 Å². The average molecular weight is 468 g/mol. The highest BCUT2D eigenvalue weighted by molar-refractivity contribution is 8.27. The fourth-order valence-corrected chi connectivity index (χ4v) is 4.21. The molecule has 3 rings (SSSR count). The Morgan fingerprint density at radius 2 is 2.03 bits per heavy atom. The zero-order valence-corrected chi connectivity index (χ0v) is 18.2. The van der Waals surface area contributed by atoms with Crippen LogP contribution in [0.2, 0.25) is 10.0 Å². The number of thioether (sulfide) groups is 1. The number of hydrogen-bond acceptors (Lipinski definition) is 5. The van der Waals surface area contributed by atoms with Crippen molar-refractivity contribution in [2.24, 2.45) is 0 Å². The Balaban J connectivity index is 1.85. The maximum Gasteiger partial charge on any atom is 0.344 e. The van der Waals surface area contributed by atoms with Gasteiger partial charge >= 0.3 is 5.97 Å². The summed E-state index contributed by atoms with van der Waals surface area (Å²) in [4.78, 5) is 25.9. The van der Waals surface area contributed by atoms with Crippen LogP contribution in [0.25, 0.3) is 6.08 Å². The summed E-state index contributed by atoms with van der Waals surface area (Å²) in [6.07, 6.45) is 1.09. The van der Waals surface area contributed by atoms with Crippen molar-refractivity contribution in [2.45, 2.75) is 19.4 Å². The third-order valence-corrected chi connectivity index (χ3v) is 6.08. The number of halogens is 2. The van der Waals surface area contributed by atoms with E-state index in [1.54, 1.807) is 55.5 Å². The highest BCUT2D eigenvalue weighted by Crippen LogP contribution is 2.38. The summed E-state index contributed by atoms with van der Waals surface area (Å²) in [5.41, 5.74) is 1.23. The van der Waals surface area contributed by atoms with Crippen molar-refractivity contribution in [2.75, 3.05) is 4.90 Å². The van der Waals surface area contributed by atoms with E-state index in [0.29, 0.717) is 42.7 Å². The van der Waals surface area contributed by atoms with Crippen LogP contribution in [0.5, 0.6) is 5.75 Å². The van der Waals surface area contributed by atoms with Gasteiger partial charge in [-0.3, -0.25) is 9.69 Å². The Morgan fingerprint density at radius 1 is 1.28 bits per heavy atom. The number of anilines is 1. The zero-order chi connectivity index (χ0) is 21.1. The van der Waals surface area contributed by atoms with E-state index >= 15 is 0 Å². The van der Waals surface area contributed by atoms with Gasteiger partial charge in [-0.15, -0.1) is 0 Å². The largest absolute Gasteiger partial charge is 0.479 e. The molecule has 0 aliphatic carbocycles. The van der Waals surface area contributed by atoms with Crippen LogP contribution in [0.3, 0.4) is 0 Å². The van der Waals surface area contributed by atoms with Crippen LogP contribution in [0.1, 0.15) is 18.9 Å². The Kier molecular flexibility index (Phi) is 6.85. The summed E-state index contributed by atoms with van der Waals surface area (Å²) in [6, 6.07) is 11.7. The van der Waals surface area contributed by atoms with Crippen LogP contribution < -0.4 is 9.64 Å². The van der Waals surface area contributed by atoms with Gasteiger partial charge in [0.1, 0.15) is 5.75 Å². The van der Waals surface area contributed by atoms with E-state index in [2.05, 4.69) is 0 Å². The van der Waals surface area contributed by atoms with E-state index in [1.165, 1.54) is 16.7 Å². The van der Waals surface area contributed by atoms with Crippen LogP contribution in [-0.2, 0) is 9.59 Å². The van der Waals surface area contributed by atoms with Crippen molar-refractivity contribution in [3.05, 3.63) is 63.0 Å². The lowest BCUT2D eigenvalue weighted by Gasteiger charge is -2.15. The number of ether oxygens (including phenoxy) is 1. The number of carbonyl (C=O) groups excluding carboxylic acids is 1. The number of carboxylic acids is 1. The molecule has 0 spiro atoms. The molecule has 0 saturated carbocycles. The normalized spacial score (nSPS) is 16.4. The highest BCUT2D eigenvalue weighted by atomic mass is 35.5. The molecule has 1 amide bonds. The molecular formula is C20H15Cl2NO4S2. The Hall–Kier alpha value is -2.06. The molecule has 1 saturated heterocycles. The number of nitrogens with zero attached hydrogens (tertiary/aromatic N) is 1. The first kappa shape index (κ1) is 21.6. The smallest absolute Gasteiger partial charge is 0.344 e. The average Bonchev–Trinajstić information content (AvgIpc) is 2.95. The number of carbonyl (C=O) groups is 2. The SMILES string of the molecule is CCC(Oc1cccc(/C=C2/SC(=S)N(c3ccc(Cl)c(Cl)c3)C2=O)c1)C(=O)O. The van der Waals surface area contributed by atoms with Gasteiger partial charge < -0.3 is 9.84 Å². The molecule has 1 N–H and O–H groups in total. The first-order valence-electron chi connectivity index (χ1n) is 8.52. The fourth-order valence-electron chi connectivity index (χ4n) is 2.62. The second-order valence-electron chi connectivity index (χ2n) is 6.04. The Morgan fingerprint density at radius 3 is 2.69 bits per heavy atom. The van der Waals surface area contributed by atoms with E-state index < -0.39 is 12.1 Å². The molecule has 1 aliphatic rings. The van der Waals surface area contributed by atoms with Crippen LogP contribution in [-0.4, -0.2) is 27.4 Å². The second kappa shape index (κ2) is 9.17. The first-order valence-corrected chi connectivity index (χ1v) is 10.5. The minimum absolute atomic E-state index is 0.276. The van der Waals surface area contributed by atoms with Crippen LogP contribution >= 0.6 is 47.2 Å². The molecule has 1 unspecified atom stereocenters. The highest BCUT2D eigenvalue weighted by Gasteiger charge is 2.33. The van der Waals surface area contributed by atoms with E-state index in [9.17, 15) is 9.59 Å². The molecule has 0 aromatic heterocycles. The van der Waals surface area contributed by atoms with Crippen molar-refractivity contribution in [1.29, 1.82) is 0 Å². The lowest BCUT2D eigenvalue weighted by atomic mass is 10.2. The number of aliphatic carboxylic acids is 1. The minimum atomic E-state index is -1.03. The molecule has 1 fully saturated rings. The first-order chi connectivity index (χ1) is 13.8. The maximum atomic E-state index is 12.9. The molecule has 9 heteroatoms.